The van der Waals surface area contributed by atoms with Crippen LogP contribution in [0.5, 0.6) is 0 Å². The maximum Gasteiger partial charge on any atom is 0.105 e. The molecule has 1 aromatic rings. The molecule has 0 spiro atoms. The van der Waals surface area contributed by atoms with Gasteiger partial charge in [0.2, 0.25) is 0 Å². The predicted molar refractivity (Wildman–Crippen MR) is 61.8 cm³/mol. The quantitative estimate of drug-likeness (QED) is 0.808. The van der Waals surface area contributed by atoms with Gasteiger partial charge in [0.15, 0.2) is 0 Å². The fourth-order valence-corrected chi connectivity index (χ4v) is 1.69. The first-order valence-electron chi connectivity index (χ1n) is 4.67. The Kier molecular flexibility index (Phi) is 3.82. The molecule has 1 nitrogen and oxygen atoms in total. The van der Waals surface area contributed by atoms with E-state index in [1.54, 1.807) is 0 Å². The summed E-state index contributed by atoms with van der Waals surface area (Å²) in [6.07, 6.45) is 0. The molecule has 2 N–H and O–H groups in total. The van der Waals surface area contributed by atoms with Gasteiger partial charge in [-0.3, -0.25) is 0 Å². The van der Waals surface area contributed by atoms with Crippen LogP contribution >= 0.6 is 23.2 Å². The van der Waals surface area contributed by atoms with E-state index < -0.39 is 0 Å². The Morgan fingerprint density at radius 2 is 1.64 bits per heavy atom. The summed E-state index contributed by atoms with van der Waals surface area (Å²) in [5, 5.41) is 3.72. The Labute approximate surface area is 95.4 Å². The number of hydrogen-bond acceptors (Lipinski definition) is 0. The summed E-state index contributed by atoms with van der Waals surface area (Å²) in [7, 11) is 0. The molecule has 0 saturated heterocycles. The lowest BCUT2D eigenvalue weighted by molar-refractivity contribution is -0.731. The number of nitrogens with two attached hydrogens (primary N) is 1. The topological polar surface area (TPSA) is 16.6 Å². The molecule has 0 unspecified atom stereocenters. The van der Waals surface area contributed by atoms with Crippen molar-refractivity contribution >= 4 is 23.2 Å². The third-order valence-electron chi connectivity index (χ3n) is 1.98. The molecule has 0 aliphatic heterocycles. The summed E-state index contributed by atoms with van der Waals surface area (Å²) in [6.45, 7) is 7.31. The van der Waals surface area contributed by atoms with Gasteiger partial charge in [0.1, 0.15) is 6.54 Å². The van der Waals surface area contributed by atoms with E-state index in [4.69, 9.17) is 23.2 Å². The zero-order valence-electron chi connectivity index (χ0n) is 8.77. The van der Waals surface area contributed by atoms with E-state index in [0.717, 1.165) is 22.2 Å². The minimum Gasteiger partial charge on any atom is -0.338 e. The second-order valence-corrected chi connectivity index (χ2v) is 5.29. The molecule has 0 atom stereocenters. The Bertz CT molecular complexity index is 295. The van der Waals surface area contributed by atoms with Gasteiger partial charge >= 0.3 is 0 Å². The standard InChI is InChI=1S/C11H15Cl2N/c1-11(2,3)14-7-8-9(12)5-4-6-10(8)13/h4-6,14H,7H2,1-3H3/p+1. The Morgan fingerprint density at radius 1 is 1.14 bits per heavy atom. The molecule has 0 heterocycles. The van der Waals surface area contributed by atoms with Crippen molar-refractivity contribution in [2.75, 3.05) is 0 Å². The van der Waals surface area contributed by atoms with E-state index in [0.29, 0.717) is 0 Å². The molecule has 1 aromatic carbocycles. The number of rotatable bonds is 2. The minimum absolute atomic E-state index is 0.197. The molecule has 0 saturated carbocycles. The highest BCUT2D eigenvalue weighted by Gasteiger charge is 2.15. The number of benzene rings is 1. The Morgan fingerprint density at radius 3 is 2.07 bits per heavy atom. The highest BCUT2D eigenvalue weighted by atomic mass is 35.5. The van der Waals surface area contributed by atoms with Crippen LogP contribution in [0.15, 0.2) is 18.2 Å². The van der Waals surface area contributed by atoms with Gasteiger partial charge in [0, 0.05) is 5.56 Å². The monoisotopic (exact) mass is 232 g/mol. The van der Waals surface area contributed by atoms with Gasteiger partial charge in [0.25, 0.3) is 0 Å². The van der Waals surface area contributed by atoms with Crippen molar-refractivity contribution in [1.82, 2.24) is 0 Å². The van der Waals surface area contributed by atoms with Gasteiger partial charge < -0.3 is 5.32 Å². The minimum atomic E-state index is 0.197. The molecule has 0 fully saturated rings. The van der Waals surface area contributed by atoms with Crippen molar-refractivity contribution in [2.24, 2.45) is 0 Å². The van der Waals surface area contributed by atoms with Crippen LogP contribution in [0, 0.1) is 0 Å². The van der Waals surface area contributed by atoms with Crippen LogP contribution in [0.1, 0.15) is 26.3 Å². The van der Waals surface area contributed by atoms with E-state index in [-0.39, 0.29) is 5.54 Å². The van der Waals surface area contributed by atoms with E-state index in [1.165, 1.54) is 0 Å². The van der Waals surface area contributed by atoms with Crippen LogP contribution in [0.2, 0.25) is 10.0 Å². The van der Waals surface area contributed by atoms with Crippen molar-refractivity contribution in [3.63, 3.8) is 0 Å². The first-order valence-corrected chi connectivity index (χ1v) is 5.43. The van der Waals surface area contributed by atoms with Crippen LogP contribution in [0.25, 0.3) is 0 Å². The van der Waals surface area contributed by atoms with Gasteiger partial charge in [-0.2, -0.15) is 0 Å². The van der Waals surface area contributed by atoms with Crippen LogP contribution in [-0.4, -0.2) is 5.54 Å². The average molecular weight is 233 g/mol. The smallest absolute Gasteiger partial charge is 0.105 e. The van der Waals surface area contributed by atoms with Gasteiger partial charge in [0.05, 0.1) is 15.6 Å². The average Bonchev–Trinajstić information content (AvgIpc) is 2.01. The predicted octanol–water partition coefficient (Wildman–Crippen LogP) is 2.86. The Balaban J connectivity index is 2.77. The second kappa shape index (κ2) is 4.52. The Hall–Kier alpha value is -0.240. The third kappa shape index (κ3) is 3.49. The second-order valence-electron chi connectivity index (χ2n) is 4.47. The highest BCUT2D eigenvalue weighted by Crippen LogP contribution is 2.23. The molecular formula is C11H16Cl2N+. The maximum absolute atomic E-state index is 6.05. The van der Waals surface area contributed by atoms with E-state index in [1.807, 2.05) is 18.2 Å². The number of quaternary nitrogens is 1. The van der Waals surface area contributed by atoms with E-state index in [2.05, 4.69) is 26.1 Å². The normalized spacial score (nSPS) is 11.8. The summed E-state index contributed by atoms with van der Waals surface area (Å²) in [5.74, 6) is 0. The molecule has 0 aromatic heterocycles. The molecule has 0 aliphatic rings. The molecule has 0 radical (unpaired) electrons. The summed E-state index contributed by atoms with van der Waals surface area (Å²) in [5.41, 5.74) is 1.22. The first kappa shape index (κ1) is 11.8. The highest BCUT2D eigenvalue weighted by molar-refractivity contribution is 6.35. The number of hydrogen-bond donors (Lipinski definition) is 1. The molecule has 0 bridgehead atoms. The zero-order chi connectivity index (χ0) is 10.8. The van der Waals surface area contributed by atoms with Gasteiger partial charge in [-0.25, -0.2) is 0 Å². The van der Waals surface area contributed by atoms with Crippen molar-refractivity contribution in [3.8, 4) is 0 Å². The van der Waals surface area contributed by atoms with Gasteiger partial charge in [-0.15, -0.1) is 0 Å². The van der Waals surface area contributed by atoms with Crippen molar-refractivity contribution in [2.45, 2.75) is 32.9 Å². The molecule has 14 heavy (non-hydrogen) atoms. The summed E-state index contributed by atoms with van der Waals surface area (Å²) in [6, 6.07) is 5.61. The van der Waals surface area contributed by atoms with Crippen molar-refractivity contribution in [3.05, 3.63) is 33.8 Å². The van der Waals surface area contributed by atoms with Crippen molar-refractivity contribution < 1.29 is 5.32 Å². The van der Waals surface area contributed by atoms with Crippen LogP contribution in [-0.2, 0) is 6.54 Å². The van der Waals surface area contributed by atoms with Gasteiger partial charge in [-0.05, 0) is 32.9 Å². The molecule has 1 rings (SSSR count). The molecule has 3 heteroatoms. The SMILES string of the molecule is CC(C)(C)[NH2+]Cc1c(Cl)cccc1Cl. The van der Waals surface area contributed by atoms with Crippen LogP contribution < -0.4 is 5.32 Å². The first-order chi connectivity index (χ1) is 6.40. The lowest BCUT2D eigenvalue weighted by Crippen LogP contribution is -2.93. The van der Waals surface area contributed by atoms with E-state index >= 15 is 0 Å². The third-order valence-corrected chi connectivity index (χ3v) is 2.69. The lowest BCUT2D eigenvalue weighted by Gasteiger charge is -2.17. The molecule has 78 valence electrons. The summed E-state index contributed by atoms with van der Waals surface area (Å²) >= 11 is 12.1. The molecule has 0 aliphatic carbocycles. The summed E-state index contributed by atoms with van der Waals surface area (Å²) < 4.78 is 0. The summed E-state index contributed by atoms with van der Waals surface area (Å²) in [4.78, 5) is 0. The van der Waals surface area contributed by atoms with Crippen LogP contribution in [0.3, 0.4) is 0 Å². The van der Waals surface area contributed by atoms with E-state index in [9.17, 15) is 0 Å². The fourth-order valence-electron chi connectivity index (χ4n) is 1.14. The van der Waals surface area contributed by atoms with Crippen LogP contribution in [0.4, 0.5) is 0 Å². The fraction of sp³-hybridized carbons (Fsp3) is 0.455. The molecular weight excluding hydrogens is 217 g/mol. The van der Waals surface area contributed by atoms with Crippen molar-refractivity contribution in [1.29, 1.82) is 0 Å². The zero-order valence-corrected chi connectivity index (χ0v) is 10.3. The lowest BCUT2D eigenvalue weighted by atomic mass is 10.1. The molecule has 0 amide bonds. The number of halogens is 2. The maximum atomic E-state index is 6.05. The van der Waals surface area contributed by atoms with Gasteiger partial charge in [-0.1, -0.05) is 29.3 Å². The largest absolute Gasteiger partial charge is 0.338 e.